The highest BCUT2D eigenvalue weighted by Gasteiger charge is 2.18. The molecule has 2 aromatic rings. The first-order valence-electron chi connectivity index (χ1n) is 6.36. The summed E-state index contributed by atoms with van der Waals surface area (Å²) >= 11 is 7.88. The zero-order chi connectivity index (χ0) is 13.8. The molecule has 0 aliphatic heterocycles. The van der Waals surface area contributed by atoms with Crippen molar-refractivity contribution >= 4 is 49.9 Å². The van der Waals surface area contributed by atoms with E-state index >= 15 is 0 Å². The first-order chi connectivity index (χ1) is 9.11. The minimum atomic E-state index is 0.294. The van der Waals surface area contributed by atoms with E-state index < -0.39 is 0 Å². The quantitative estimate of drug-likeness (QED) is 0.593. The minimum Gasteiger partial charge on any atom is -0.306 e. The van der Waals surface area contributed by atoms with E-state index in [0.29, 0.717) is 6.04 Å². The molecule has 1 aromatic heterocycles. The van der Waals surface area contributed by atoms with Crippen LogP contribution in [0.1, 0.15) is 34.7 Å². The molecule has 0 radical (unpaired) electrons. The van der Waals surface area contributed by atoms with Gasteiger partial charge in [0.15, 0.2) is 0 Å². The summed E-state index contributed by atoms with van der Waals surface area (Å²) in [7, 11) is 0. The molecular weight excluding hydrogens is 433 g/mol. The highest BCUT2D eigenvalue weighted by Crippen LogP contribution is 2.32. The van der Waals surface area contributed by atoms with Gasteiger partial charge in [-0.1, -0.05) is 22.9 Å². The molecule has 0 amide bonds. The summed E-state index contributed by atoms with van der Waals surface area (Å²) in [5.41, 5.74) is 1.35. The fraction of sp³-hybridized carbons (Fsp3) is 0.333. The maximum Gasteiger partial charge on any atom is 0.0681 e. The lowest BCUT2D eigenvalue weighted by Gasteiger charge is -2.19. The van der Waals surface area contributed by atoms with Gasteiger partial charge in [0.1, 0.15) is 0 Å². The molecule has 0 aliphatic rings. The molecule has 2 rings (SSSR count). The summed E-state index contributed by atoms with van der Waals surface area (Å²) in [6.45, 7) is 5.40. The number of aryl methyl sites for hydroxylation is 1. The number of benzene rings is 1. The van der Waals surface area contributed by atoms with Gasteiger partial charge in [0, 0.05) is 17.8 Å². The third-order valence-electron chi connectivity index (χ3n) is 2.91. The van der Waals surface area contributed by atoms with Gasteiger partial charge in [0.25, 0.3) is 0 Å². The highest BCUT2D eigenvalue weighted by molar-refractivity contribution is 14.1. The maximum absolute atomic E-state index is 3.67. The second-order valence-corrected chi connectivity index (χ2v) is 7.90. The Morgan fingerprint density at radius 1 is 1.32 bits per heavy atom. The van der Waals surface area contributed by atoms with Gasteiger partial charge in [-0.3, -0.25) is 0 Å². The van der Waals surface area contributed by atoms with Crippen LogP contribution in [0.25, 0.3) is 0 Å². The van der Waals surface area contributed by atoms with Crippen molar-refractivity contribution in [3.8, 4) is 0 Å². The Labute approximate surface area is 141 Å². The summed E-state index contributed by atoms with van der Waals surface area (Å²) in [4.78, 5) is 2.75. The summed E-state index contributed by atoms with van der Waals surface area (Å²) < 4.78 is 2.44. The molecule has 1 atom stereocenters. The van der Waals surface area contributed by atoms with Crippen molar-refractivity contribution in [3.05, 3.63) is 53.7 Å². The van der Waals surface area contributed by atoms with Crippen LogP contribution in [0.4, 0.5) is 0 Å². The fourth-order valence-electron chi connectivity index (χ4n) is 2.00. The molecule has 0 fully saturated rings. The standard InChI is InChI=1S/C15H17BrINS/c1-3-8-18-15(14-7-4-10(2)19-14)12-9-11(16)5-6-13(12)17/h4-7,9,15,18H,3,8H2,1-2H3. The second kappa shape index (κ2) is 7.20. The van der Waals surface area contributed by atoms with Crippen molar-refractivity contribution in [2.75, 3.05) is 6.54 Å². The van der Waals surface area contributed by atoms with Crippen LogP contribution in [0, 0.1) is 10.5 Å². The van der Waals surface area contributed by atoms with Crippen LogP contribution < -0.4 is 5.32 Å². The lowest BCUT2D eigenvalue weighted by Crippen LogP contribution is -2.23. The van der Waals surface area contributed by atoms with Gasteiger partial charge < -0.3 is 5.32 Å². The average Bonchev–Trinajstić information content (AvgIpc) is 2.80. The van der Waals surface area contributed by atoms with Gasteiger partial charge in [0.2, 0.25) is 0 Å². The number of hydrogen-bond donors (Lipinski definition) is 1. The van der Waals surface area contributed by atoms with E-state index in [4.69, 9.17) is 0 Å². The van der Waals surface area contributed by atoms with E-state index in [1.54, 1.807) is 0 Å². The largest absolute Gasteiger partial charge is 0.306 e. The Kier molecular flexibility index (Phi) is 5.87. The minimum absolute atomic E-state index is 0.294. The summed E-state index contributed by atoms with van der Waals surface area (Å²) in [6, 6.07) is 11.2. The first-order valence-corrected chi connectivity index (χ1v) is 9.05. The van der Waals surface area contributed by atoms with Crippen molar-refractivity contribution in [3.63, 3.8) is 0 Å². The molecule has 1 nitrogen and oxygen atoms in total. The van der Waals surface area contributed by atoms with E-state index in [1.807, 2.05) is 11.3 Å². The summed E-state index contributed by atoms with van der Waals surface area (Å²) in [5.74, 6) is 0. The molecule has 19 heavy (non-hydrogen) atoms. The molecule has 1 N–H and O–H groups in total. The Bertz CT molecular complexity index is 553. The van der Waals surface area contributed by atoms with Crippen molar-refractivity contribution in [2.24, 2.45) is 0 Å². The van der Waals surface area contributed by atoms with Crippen LogP contribution in [0.15, 0.2) is 34.8 Å². The normalized spacial score (nSPS) is 12.6. The average molecular weight is 450 g/mol. The van der Waals surface area contributed by atoms with Crippen LogP contribution in [-0.2, 0) is 0 Å². The Morgan fingerprint density at radius 3 is 2.74 bits per heavy atom. The smallest absolute Gasteiger partial charge is 0.0681 e. The first kappa shape index (κ1) is 15.5. The summed E-state index contributed by atoms with van der Waals surface area (Å²) in [6.07, 6.45) is 1.14. The molecule has 4 heteroatoms. The molecule has 0 aliphatic carbocycles. The van der Waals surface area contributed by atoms with Crippen LogP contribution in [-0.4, -0.2) is 6.54 Å². The number of nitrogens with one attached hydrogen (secondary N) is 1. The van der Waals surface area contributed by atoms with E-state index in [0.717, 1.165) is 17.4 Å². The lowest BCUT2D eigenvalue weighted by atomic mass is 10.1. The molecule has 0 spiro atoms. The van der Waals surface area contributed by atoms with Gasteiger partial charge in [-0.05, 0) is 78.4 Å². The van der Waals surface area contributed by atoms with Crippen molar-refractivity contribution in [1.29, 1.82) is 0 Å². The molecule has 1 heterocycles. The van der Waals surface area contributed by atoms with Gasteiger partial charge in [0.05, 0.1) is 6.04 Å². The van der Waals surface area contributed by atoms with Crippen LogP contribution >= 0.6 is 49.9 Å². The Morgan fingerprint density at radius 2 is 2.11 bits per heavy atom. The van der Waals surface area contributed by atoms with Crippen molar-refractivity contribution in [1.82, 2.24) is 5.32 Å². The fourth-order valence-corrected chi connectivity index (χ4v) is 3.99. The van der Waals surface area contributed by atoms with Crippen molar-refractivity contribution in [2.45, 2.75) is 26.3 Å². The van der Waals surface area contributed by atoms with E-state index in [-0.39, 0.29) is 0 Å². The van der Waals surface area contributed by atoms with Crippen LogP contribution in [0.2, 0.25) is 0 Å². The van der Waals surface area contributed by atoms with Gasteiger partial charge in [-0.2, -0.15) is 0 Å². The Balaban J connectivity index is 2.39. The zero-order valence-electron chi connectivity index (χ0n) is 11.0. The lowest BCUT2D eigenvalue weighted by molar-refractivity contribution is 0.604. The van der Waals surface area contributed by atoms with Gasteiger partial charge >= 0.3 is 0 Å². The molecular formula is C15H17BrINS. The van der Waals surface area contributed by atoms with Crippen LogP contribution in [0.5, 0.6) is 0 Å². The van der Waals surface area contributed by atoms with Crippen molar-refractivity contribution < 1.29 is 0 Å². The number of hydrogen-bond acceptors (Lipinski definition) is 2. The molecule has 1 unspecified atom stereocenters. The Hall–Kier alpha value is 0.0900. The summed E-state index contributed by atoms with van der Waals surface area (Å²) in [5, 5.41) is 3.67. The topological polar surface area (TPSA) is 12.0 Å². The third-order valence-corrected chi connectivity index (χ3v) is 5.45. The molecule has 0 bridgehead atoms. The molecule has 0 saturated carbocycles. The van der Waals surface area contributed by atoms with E-state index in [9.17, 15) is 0 Å². The molecule has 102 valence electrons. The third kappa shape index (κ3) is 4.03. The van der Waals surface area contributed by atoms with Gasteiger partial charge in [-0.25, -0.2) is 0 Å². The highest BCUT2D eigenvalue weighted by atomic mass is 127. The predicted molar refractivity (Wildman–Crippen MR) is 96.1 cm³/mol. The zero-order valence-corrected chi connectivity index (χ0v) is 15.6. The van der Waals surface area contributed by atoms with Crippen LogP contribution in [0.3, 0.4) is 0 Å². The van der Waals surface area contributed by atoms with Gasteiger partial charge in [-0.15, -0.1) is 11.3 Å². The molecule has 0 saturated heterocycles. The number of thiophene rings is 1. The SMILES string of the molecule is CCCNC(c1ccc(C)s1)c1cc(Br)ccc1I. The predicted octanol–water partition coefficient (Wildman–Crippen LogP) is 5.51. The maximum atomic E-state index is 3.67. The monoisotopic (exact) mass is 449 g/mol. The number of rotatable bonds is 5. The van der Waals surface area contributed by atoms with E-state index in [2.05, 4.69) is 88.0 Å². The molecule has 1 aromatic carbocycles. The van der Waals surface area contributed by atoms with E-state index in [1.165, 1.54) is 18.9 Å². The number of halogens is 2. The second-order valence-electron chi connectivity index (χ2n) is 4.50.